The molecular weight excluding hydrogens is 236 g/mol. The highest BCUT2D eigenvalue weighted by molar-refractivity contribution is 6.30. The van der Waals surface area contributed by atoms with Crippen molar-refractivity contribution in [2.24, 2.45) is 12.0 Å². The Labute approximate surface area is 105 Å². The van der Waals surface area contributed by atoms with E-state index in [2.05, 4.69) is 4.99 Å². The summed E-state index contributed by atoms with van der Waals surface area (Å²) in [5.74, 6) is 0.708. The van der Waals surface area contributed by atoms with Gasteiger partial charge in [-0.05, 0) is 30.3 Å². The fraction of sp³-hybridized carbons (Fsp3) is 0.154. The minimum Gasteiger partial charge on any atom is -0.494 e. The molecule has 0 aliphatic carbocycles. The molecule has 4 heteroatoms. The van der Waals surface area contributed by atoms with Crippen molar-refractivity contribution >= 4 is 23.5 Å². The molecule has 0 N–H and O–H groups in total. The first kappa shape index (κ1) is 11.7. The van der Waals surface area contributed by atoms with Crippen molar-refractivity contribution in [3.63, 3.8) is 0 Å². The number of ether oxygens (including phenoxy) is 1. The molecular formula is C13H13ClN2O. The minimum atomic E-state index is 0.643. The third-order valence-electron chi connectivity index (χ3n) is 2.46. The summed E-state index contributed by atoms with van der Waals surface area (Å²) in [6.45, 7) is 0. The number of nitrogens with zero attached hydrogens (tertiary/aromatic N) is 2. The van der Waals surface area contributed by atoms with E-state index in [-0.39, 0.29) is 0 Å². The van der Waals surface area contributed by atoms with Gasteiger partial charge < -0.3 is 9.30 Å². The summed E-state index contributed by atoms with van der Waals surface area (Å²) in [6, 6.07) is 9.32. The first-order valence-electron chi connectivity index (χ1n) is 5.19. The molecule has 0 spiro atoms. The van der Waals surface area contributed by atoms with E-state index in [1.807, 2.05) is 29.9 Å². The largest absolute Gasteiger partial charge is 0.494 e. The van der Waals surface area contributed by atoms with Crippen LogP contribution in [0.4, 0.5) is 5.69 Å². The molecule has 3 nitrogen and oxygen atoms in total. The van der Waals surface area contributed by atoms with Gasteiger partial charge in [-0.3, -0.25) is 4.99 Å². The number of rotatable bonds is 3. The van der Waals surface area contributed by atoms with Crippen molar-refractivity contribution in [1.29, 1.82) is 0 Å². The summed E-state index contributed by atoms with van der Waals surface area (Å²) < 4.78 is 7.21. The molecule has 0 unspecified atom stereocenters. The zero-order valence-corrected chi connectivity index (χ0v) is 10.5. The van der Waals surface area contributed by atoms with E-state index in [4.69, 9.17) is 16.3 Å². The Morgan fingerprint density at radius 3 is 2.82 bits per heavy atom. The molecule has 0 aliphatic heterocycles. The smallest absolute Gasteiger partial charge is 0.144 e. The second kappa shape index (κ2) is 5.06. The first-order chi connectivity index (χ1) is 8.20. The van der Waals surface area contributed by atoms with Crippen molar-refractivity contribution in [2.45, 2.75) is 0 Å². The normalized spacial score (nSPS) is 11.0. The van der Waals surface area contributed by atoms with Gasteiger partial charge in [0.2, 0.25) is 0 Å². The van der Waals surface area contributed by atoms with Crippen molar-refractivity contribution in [3.05, 3.63) is 47.2 Å². The van der Waals surface area contributed by atoms with Crippen LogP contribution in [0, 0.1) is 0 Å². The van der Waals surface area contributed by atoms with Crippen LogP contribution in [0.25, 0.3) is 0 Å². The zero-order valence-electron chi connectivity index (χ0n) is 9.72. The Kier molecular flexibility index (Phi) is 3.49. The molecule has 0 bridgehead atoms. The number of halogens is 1. The SMILES string of the molecule is COc1ccc(Cl)cc1N=Cc1cccn1C. The lowest BCUT2D eigenvalue weighted by atomic mass is 10.3. The van der Waals surface area contributed by atoms with Crippen LogP contribution in [-0.2, 0) is 7.05 Å². The van der Waals surface area contributed by atoms with E-state index in [1.165, 1.54) is 0 Å². The zero-order chi connectivity index (χ0) is 12.3. The molecule has 0 saturated carbocycles. The topological polar surface area (TPSA) is 26.5 Å². The lowest BCUT2D eigenvalue weighted by molar-refractivity contribution is 0.416. The van der Waals surface area contributed by atoms with Gasteiger partial charge in [-0.25, -0.2) is 0 Å². The number of benzene rings is 1. The second-order valence-electron chi connectivity index (χ2n) is 3.62. The fourth-order valence-electron chi connectivity index (χ4n) is 1.51. The van der Waals surface area contributed by atoms with Crippen LogP contribution in [0.3, 0.4) is 0 Å². The molecule has 1 aromatic carbocycles. The van der Waals surface area contributed by atoms with E-state index in [0.717, 1.165) is 11.4 Å². The Hall–Kier alpha value is -1.74. The van der Waals surface area contributed by atoms with Gasteiger partial charge in [-0.1, -0.05) is 11.6 Å². The Bertz CT molecular complexity index is 546. The van der Waals surface area contributed by atoms with E-state index < -0.39 is 0 Å². The van der Waals surface area contributed by atoms with Crippen LogP contribution in [0.1, 0.15) is 5.69 Å². The summed E-state index contributed by atoms with van der Waals surface area (Å²) in [5.41, 5.74) is 1.74. The highest BCUT2D eigenvalue weighted by Gasteiger charge is 2.01. The van der Waals surface area contributed by atoms with Gasteiger partial charge in [0.05, 0.1) is 19.0 Å². The average Bonchev–Trinajstić information content (AvgIpc) is 2.72. The van der Waals surface area contributed by atoms with Gasteiger partial charge in [-0.2, -0.15) is 0 Å². The maximum Gasteiger partial charge on any atom is 0.144 e. The van der Waals surface area contributed by atoms with E-state index in [0.29, 0.717) is 10.8 Å². The number of aliphatic imine (C=N–C) groups is 1. The van der Waals surface area contributed by atoms with Crippen molar-refractivity contribution < 1.29 is 4.74 Å². The number of hydrogen-bond acceptors (Lipinski definition) is 2. The third kappa shape index (κ3) is 2.68. The lowest BCUT2D eigenvalue weighted by Crippen LogP contribution is -1.92. The predicted molar refractivity (Wildman–Crippen MR) is 70.7 cm³/mol. The standard InChI is InChI=1S/C13H13ClN2O/c1-16-7-3-4-11(16)9-15-12-8-10(14)5-6-13(12)17-2/h3-9H,1-2H3. The summed E-state index contributed by atoms with van der Waals surface area (Å²) in [4.78, 5) is 4.39. The van der Waals surface area contributed by atoms with Crippen molar-refractivity contribution in [3.8, 4) is 5.75 Å². The number of aryl methyl sites for hydroxylation is 1. The highest BCUT2D eigenvalue weighted by Crippen LogP contribution is 2.30. The second-order valence-corrected chi connectivity index (χ2v) is 4.05. The molecule has 2 rings (SSSR count). The van der Waals surface area contributed by atoms with Crippen LogP contribution in [0.15, 0.2) is 41.5 Å². The molecule has 0 fully saturated rings. The number of hydrogen-bond donors (Lipinski definition) is 0. The summed E-state index contributed by atoms with van der Waals surface area (Å²) in [7, 11) is 3.58. The molecule has 88 valence electrons. The first-order valence-corrected chi connectivity index (χ1v) is 5.57. The Balaban J connectivity index is 2.32. The van der Waals surface area contributed by atoms with Crippen molar-refractivity contribution in [1.82, 2.24) is 4.57 Å². The molecule has 0 radical (unpaired) electrons. The summed E-state index contributed by atoms with van der Waals surface area (Å²) >= 11 is 5.93. The number of methoxy groups -OCH3 is 1. The molecule has 0 amide bonds. The molecule has 0 aliphatic rings. The van der Waals surface area contributed by atoms with Crippen molar-refractivity contribution in [2.75, 3.05) is 7.11 Å². The quantitative estimate of drug-likeness (QED) is 0.765. The van der Waals surface area contributed by atoms with E-state index in [9.17, 15) is 0 Å². The maximum atomic E-state index is 5.93. The van der Waals surface area contributed by atoms with Gasteiger partial charge in [0.1, 0.15) is 11.4 Å². The van der Waals surface area contributed by atoms with Gasteiger partial charge in [0, 0.05) is 18.3 Å². The predicted octanol–water partition coefficient (Wildman–Crippen LogP) is 3.44. The third-order valence-corrected chi connectivity index (χ3v) is 2.70. The summed E-state index contributed by atoms with van der Waals surface area (Å²) in [6.07, 6.45) is 3.75. The fourth-order valence-corrected chi connectivity index (χ4v) is 1.67. The molecule has 0 saturated heterocycles. The van der Waals surface area contributed by atoms with Crippen LogP contribution in [0.2, 0.25) is 5.02 Å². The Morgan fingerprint density at radius 2 is 2.18 bits per heavy atom. The van der Waals surface area contributed by atoms with Gasteiger partial charge in [0.15, 0.2) is 0 Å². The van der Waals surface area contributed by atoms with E-state index in [1.54, 1.807) is 31.5 Å². The average molecular weight is 249 g/mol. The van der Waals surface area contributed by atoms with Gasteiger partial charge in [0.25, 0.3) is 0 Å². The van der Waals surface area contributed by atoms with Crippen LogP contribution >= 0.6 is 11.6 Å². The minimum absolute atomic E-state index is 0.643. The lowest BCUT2D eigenvalue weighted by Gasteiger charge is -2.04. The van der Waals surface area contributed by atoms with E-state index >= 15 is 0 Å². The van der Waals surface area contributed by atoms with Crippen LogP contribution in [0.5, 0.6) is 5.75 Å². The van der Waals surface area contributed by atoms with Gasteiger partial charge in [-0.15, -0.1) is 0 Å². The molecule has 17 heavy (non-hydrogen) atoms. The van der Waals surface area contributed by atoms with Crippen LogP contribution in [-0.4, -0.2) is 17.9 Å². The van der Waals surface area contributed by atoms with Gasteiger partial charge >= 0.3 is 0 Å². The van der Waals surface area contributed by atoms with Crippen LogP contribution < -0.4 is 4.74 Å². The maximum absolute atomic E-state index is 5.93. The molecule has 1 heterocycles. The highest BCUT2D eigenvalue weighted by atomic mass is 35.5. The Morgan fingerprint density at radius 1 is 1.35 bits per heavy atom. The number of aromatic nitrogens is 1. The monoisotopic (exact) mass is 248 g/mol. The molecule has 2 aromatic rings. The molecule has 0 atom stereocenters. The summed E-state index contributed by atoms with van der Waals surface area (Å²) in [5, 5.41) is 0.643. The molecule has 1 aromatic heterocycles.